The maximum Gasteiger partial charge on any atom is 0.563 e. The summed E-state index contributed by atoms with van der Waals surface area (Å²) in [7, 11) is -0.479. The number of rotatable bonds is 2. The second-order valence-corrected chi connectivity index (χ2v) is 6.08. The first-order valence-corrected chi connectivity index (χ1v) is 7.34. The Bertz CT molecular complexity index is 615. The molecule has 1 aromatic carbocycles. The molecular formula is C16H19BN2O2. The first-order chi connectivity index (χ1) is 10.0. The third-order valence-corrected chi connectivity index (χ3v) is 4.18. The van der Waals surface area contributed by atoms with Crippen molar-refractivity contribution in [2.24, 2.45) is 0 Å². The monoisotopic (exact) mass is 282 g/mol. The van der Waals surface area contributed by atoms with E-state index in [1.165, 1.54) is 12.8 Å². The summed E-state index contributed by atoms with van der Waals surface area (Å²) in [5, 5.41) is 9.42. The molecule has 0 spiro atoms. The molecule has 108 valence electrons. The minimum absolute atomic E-state index is 0.479. The van der Waals surface area contributed by atoms with Crippen LogP contribution in [0.25, 0.3) is 0 Å². The molecule has 0 atom stereocenters. The summed E-state index contributed by atoms with van der Waals surface area (Å²) < 4.78 is 11.6. The van der Waals surface area contributed by atoms with Crippen LogP contribution in [0.2, 0.25) is 0 Å². The first kappa shape index (κ1) is 14.0. The highest BCUT2D eigenvalue weighted by molar-refractivity contribution is 6.62. The molecule has 0 aliphatic carbocycles. The lowest BCUT2D eigenvalue weighted by molar-refractivity contribution is 0.173. The molecule has 0 aromatic heterocycles. The fourth-order valence-electron chi connectivity index (χ4n) is 2.79. The number of anilines is 1. The third kappa shape index (κ3) is 2.52. The minimum atomic E-state index is -0.495. The van der Waals surface area contributed by atoms with Gasteiger partial charge in [0.05, 0.1) is 17.0 Å². The van der Waals surface area contributed by atoms with Crippen LogP contribution in [0.4, 0.5) is 5.69 Å². The van der Waals surface area contributed by atoms with Gasteiger partial charge >= 0.3 is 7.12 Å². The zero-order valence-electron chi connectivity index (χ0n) is 12.6. The van der Waals surface area contributed by atoms with Gasteiger partial charge in [0.2, 0.25) is 0 Å². The average molecular weight is 282 g/mol. The van der Waals surface area contributed by atoms with Gasteiger partial charge in [-0.15, -0.1) is 0 Å². The van der Waals surface area contributed by atoms with E-state index in [0.29, 0.717) is 11.3 Å². The quantitative estimate of drug-likeness (QED) is 0.780. The number of nitrogens with zero attached hydrogens (tertiary/aromatic N) is 2. The summed E-state index contributed by atoms with van der Waals surface area (Å²) in [6.07, 6.45) is 2.38. The van der Waals surface area contributed by atoms with Crippen molar-refractivity contribution in [3.8, 4) is 6.07 Å². The fraction of sp³-hybridized carbons (Fsp3) is 0.438. The van der Waals surface area contributed by atoms with E-state index < -0.39 is 12.7 Å². The number of hydrogen-bond donors (Lipinski definition) is 0. The van der Waals surface area contributed by atoms with Crippen molar-refractivity contribution in [1.82, 2.24) is 0 Å². The van der Waals surface area contributed by atoms with Crippen LogP contribution >= 0.6 is 0 Å². The van der Waals surface area contributed by atoms with Crippen LogP contribution in [-0.2, 0) is 9.31 Å². The molecule has 0 unspecified atom stereocenters. The lowest BCUT2D eigenvalue weighted by Crippen LogP contribution is -2.35. The van der Waals surface area contributed by atoms with E-state index in [9.17, 15) is 5.26 Å². The molecule has 0 amide bonds. The van der Waals surface area contributed by atoms with E-state index >= 15 is 0 Å². The summed E-state index contributed by atoms with van der Waals surface area (Å²) in [6.45, 7) is 9.79. The van der Waals surface area contributed by atoms with Gasteiger partial charge in [-0.3, -0.25) is 0 Å². The summed E-state index contributed by atoms with van der Waals surface area (Å²) in [6, 6.07) is 8.14. The molecule has 2 fully saturated rings. The SMILES string of the molecule is C=C1OB(c2ccc(N3CCCC3)c(C#N)c2)OC1(C)C. The Morgan fingerprint density at radius 3 is 2.62 bits per heavy atom. The van der Waals surface area contributed by atoms with Gasteiger partial charge < -0.3 is 14.2 Å². The smallest absolute Gasteiger partial charge is 0.534 e. The Labute approximate surface area is 126 Å². The first-order valence-electron chi connectivity index (χ1n) is 7.34. The van der Waals surface area contributed by atoms with Crippen molar-refractivity contribution >= 4 is 18.3 Å². The number of benzene rings is 1. The van der Waals surface area contributed by atoms with Gasteiger partial charge in [0.25, 0.3) is 0 Å². The van der Waals surface area contributed by atoms with Crippen molar-refractivity contribution in [1.29, 1.82) is 5.26 Å². The van der Waals surface area contributed by atoms with Crippen LogP contribution in [0.1, 0.15) is 32.3 Å². The third-order valence-electron chi connectivity index (χ3n) is 4.18. The fourth-order valence-corrected chi connectivity index (χ4v) is 2.79. The second kappa shape index (κ2) is 5.12. The van der Waals surface area contributed by atoms with E-state index in [1.807, 2.05) is 32.0 Å². The predicted octanol–water partition coefficient (Wildman–Crippen LogP) is 2.19. The van der Waals surface area contributed by atoms with Crippen LogP contribution in [-0.4, -0.2) is 25.8 Å². The van der Waals surface area contributed by atoms with Gasteiger partial charge in [-0.25, -0.2) is 0 Å². The molecule has 0 saturated carbocycles. The van der Waals surface area contributed by atoms with Crippen LogP contribution < -0.4 is 10.4 Å². The van der Waals surface area contributed by atoms with Gasteiger partial charge in [-0.05, 0) is 44.3 Å². The van der Waals surface area contributed by atoms with E-state index in [4.69, 9.17) is 9.31 Å². The van der Waals surface area contributed by atoms with Crippen molar-refractivity contribution in [3.63, 3.8) is 0 Å². The Morgan fingerprint density at radius 1 is 1.33 bits per heavy atom. The normalized spacial score (nSPS) is 20.5. The standard InChI is InChI=1S/C16H19BN2O2/c1-12-16(2,3)21-17(20-12)14-6-7-15(13(10-14)11-18)19-8-4-5-9-19/h6-7,10H,1,4-5,8-9H2,2-3H3. The summed E-state index contributed by atoms with van der Waals surface area (Å²) >= 11 is 0. The molecular weight excluding hydrogens is 263 g/mol. The Balaban J connectivity index is 1.89. The largest absolute Gasteiger partial charge is 0.563 e. The topological polar surface area (TPSA) is 45.5 Å². The molecule has 2 aliphatic rings. The molecule has 0 radical (unpaired) electrons. The second-order valence-electron chi connectivity index (χ2n) is 6.08. The molecule has 0 bridgehead atoms. The van der Waals surface area contributed by atoms with Crippen LogP contribution in [0.15, 0.2) is 30.5 Å². The highest BCUT2D eigenvalue weighted by Crippen LogP contribution is 2.30. The average Bonchev–Trinajstić information content (AvgIpc) is 3.07. The molecule has 0 N–H and O–H groups in total. The zero-order valence-corrected chi connectivity index (χ0v) is 12.6. The van der Waals surface area contributed by atoms with Crippen LogP contribution in [0.5, 0.6) is 0 Å². The molecule has 3 rings (SSSR count). The maximum atomic E-state index is 9.42. The van der Waals surface area contributed by atoms with Crippen LogP contribution in [0, 0.1) is 11.3 Å². The highest BCUT2D eigenvalue weighted by atomic mass is 16.7. The minimum Gasteiger partial charge on any atom is -0.534 e. The maximum absolute atomic E-state index is 9.42. The van der Waals surface area contributed by atoms with Gasteiger partial charge in [-0.2, -0.15) is 5.26 Å². The van der Waals surface area contributed by atoms with Gasteiger partial charge in [0, 0.05) is 13.1 Å². The molecule has 2 saturated heterocycles. The van der Waals surface area contributed by atoms with Crippen molar-refractivity contribution in [2.45, 2.75) is 32.3 Å². The van der Waals surface area contributed by atoms with Gasteiger partial charge in [0.15, 0.2) is 0 Å². The van der Waals surface area contributed by atoms with E-state index in [-0.39, 0.29) is 0 Å². The Morgan fingerprint density at radius 2 is 2.05 bits per heavy atom. The Hall–Kier alpha value is -1.93. The van der Waals surface area contributed by atoms with Crippen LogP contribution in [0.3, 0.4) is 0 Å². The summed E-state index contributed by atoms with van der Waals surface area (Å²) in [4.78, 5) is 2.27. The lowest BCUT2D eigenvalue weighted by atomic mass is 9.78. The summed E-state index contributed by atoms with van der Waals surface area (Å²) in [5.41, 5.74) is 2.05. The predicted molar refractivity (Wildman–Crippen MR) is 83.4 cm³/mol. The van der Waals surface area contributed by atoms with Crippen molar-refractivity contribution in [3.05, 3.63) is 36.1 Å². The molecule has 2 heterocycles. The lowest BCUT2D eigenvalue weighted by Gasteiger charge is -2.20. The molecule has 1 aromatic rings. The number of nitriles is 1. The number of hydrogen-bond acceptors (Lipinski definition) is 4. The van der Waals surface area contributed by atoms with Crippen molar-refractivity contribution < 1.29 is 9.31 Å². The van der Waals surface area contributed by atoms with Gasteiger partial charge in [-0.1, -0.05) is 12.6 Å². The van der Waals surface area contributed by atoms with Crippen molar-refractivity contribution in [2.75, 3.05) is 18.0 Å². The van der Waals surface area contributed by atoms with Gasteiger partial charge in [0.1, 0.15) is 11.7 Å². The molecule has 21 heavy (non-hydrogen) atoms. The molecule has 2 aliphatic heterocycles. The molecule has 5 heteroatoms. The Kier molecular flexibility index (Phi) is 3.42. The highest BCUT2D eigenvalue weighted by Gasteiger charge is 2.43. The molecule has 4 nitrogen and oxygen atoms in total. The van der Waals surface area contributed by atoms with E-state index in [0.717, 1.165) is 24.2 Å². The van der Waals surface area contributed by atoms with E-state index in [1.54, 1.807) is 0 Å². The summed E-state index contributed by atoms with van der Waals surface area (Å²) in [5.74, 6) is 0.620. The van der Waals surface area contributed by atoms with E-state index in [2.05, 4.69) is 17.5 Å². The zero-order chi connectivity index (χ0) is 15.0.